The summed E-state index contributed by atoms with van der Waals surface area (Å²) >= 11 is 0. The molecule has 1 aliphatic rings. The largest absolute Gasteiger partial charge is 0.335 e. The Hall–Kier alpha value is -1.92. The lowest BCUT2D eigenvalue weighted by Gasteiger charge is -2.37. The summed E-state index contributed by atoms with van der Waals surface area (Å²) in [6, 6.07) is 6.42. The molecule has 2 N–H and O–H groups in total. The highest BCUT2D eigenvalue weighted by atomic mass is 35.5. The van der Waals surface area contributed by atoms with Gasteiger partial charge in [-0.2, -0.15) is 0 Å². The molecule has 6 nitrogen and oxygen atoms in total. The van der Waals surface area contributed by atoms with Gasteiger partial charge in [0.15, 0.2) is 0 Å². The van der Waals surface area contributed by atoms with Gasteiger partial charge in [0.1, 0.15) is 0 Å². The zero-order valence-corrected chi connectivity index (χ0v) is 15.9. The maximum Gasteiger partial charge on any atom is 0.269 e. The van der Waals surface area contributed by atoms with Crippen LogP contribution in [0.2, 0.25) is 0 Å². The van der Waals surface area contributed by atoms with Crippen LogP contribution in [0.3, 0.4) is 0 Å². The molecule has 0 heterocycles. The van der Waals surface area contributed by atoms with E-state index in [1.54, 1.807) is 23.1 Å². The minimum atomic E-state index is -0.422. The van der Waals surface area contributed by atoms with Gasteiger partial charge >= 0.3 is 0 Å². The fourth-order valence-corrected chi connectivity index (χ4v) is 3.59. The van der Waals surface area contributed by atoms with E-state index < -0.39 is 4.92 Å². The van der Waals surface area contributed by atoms with Crippen molar-refractivity contribution in [2.24, 2.45) is 11.1 Å². The number of nitrogens with two attached hydrogens (primary N) is 1. The van der Waals surface area contributed by atoms with Crippen molar-refractivity contribution in [1.82, 2.24) is 4.90 Å². The van der Waals surface area contributed by atoms with Crippen molar-refractivity contribution >= 4 is 24.0 Å². The molecule has 1 aromatic carbocycles. The number of nitro groups is 1. The van der Waals surface area contributed by atoms with Crippen molar-refractivity contribution in [2.75, 3.05) is 13.1 Å². The van der Waals surface area contributed by atoms with Crippen LogP contribution in [-0.2, 0) is 11.3 Å². The SMILES string of the molecule is C=CCN(Cc1cccc([N+](=O)[O-])c1)C(=O)CC1(CN)CCCCC1.Cl. The van der Waals surface area contributed by atoms with E-state index in [0.717, 1.165) is 31.2 Å². The van der Waals surface area contributed by atoms with E-state index >= 15 is 0 Å². The van der Waals surface area contributed by atoms with Gasteiger partial charge in [-0.25, -0.2) is 0 Å². The van der Waals surface area contributed by atoms with E-state index in [2.05, 4.69) is 6.58 Å². The van der Waals surface area contributed by atoms with Gasteiger partial charge in [0.25, 0.3) is 5.69 Å². The zero-order chi connectivity index (χ0) is 18.3. The second kappa shape index (κ2) is 10.3. The molecule has 1 saturated carbocycles. The number of hydrogen-bond donors (Lipinski definition) is 1. The molecule has 0 unspecified atom stereocenters. The van der Waals surface area contributed by atoms with E-state index in [1.807, 2.05) is 0 Å². The van der Waals surface area contributed by atoms with E-state index in [9.17, 15) is 14.9 Å². The zero-order valence-electron chi connectivity index (χ0n) is 15.1. The summed E-state index contributed by atoms with van der Waals surface area (Å²) in [5, 5.41) is 10.9. The van der Waals surface area contributed by atoms with Crippen molar-refractivity contribution in [3.8, 4) is 0 Å². The summed E-state index contributed by atoms with van der Waals surface area (Å²) in [7, 11) is 0. The van der Waals surface area contributed by atoms with E-state index in [4.69, 9.17) is 5.73 Å². The van der Waals surface area contributed by atoms with Gasteiger partial charge < -0.3 is 10.6 Å². The Balaban J connectivity index is 0.00000338. The highest BCUT2D eigenvalue weighted by Gasteiger charge is 2.34. The van der Waals surface area contributed by atoms with Crippen LogP contribution in [0.4, 0.5) is 5.69 Å². The minimum Gasteiger partial charge on any atom is -0.335 e. The van der Waals surface area contributed by atoms with Gasteiger partial charge in [0.05, 0.1) is 4.92 Å². The molecule has 0 radical (unpaired) electrons. The number of non-ortho nitro benzene ring substituents is 1. The van der Waals surface area contributed by atoms with Crippen molar-refractivity contribution in [3.05, 3.63) is 52.6 Å². The molecular weight excluding hydrogens is 354 g/mol. The van der Waals surface area contributed by atoms with Crippen LogP contribution in [0.1, 0.15) is 44.1 Å². The summed E-state index contributed by atoms with van der Waals surface area (Å²) in [5.41, 5.74) is 6.68. The Bertz CT molecular complexity index is 630. The molecular formula is C19H28ClN3O3. The maximum atomic E-state index is 12.9. The lowest BCUT2D eigenvalue weighted by Crippen LogP contribution is -2.40. The first-order valence-electron chi connectivity index (χ1n) is 8.82. The highest BCUT2D eigenvalue weighted by molar-refractivity contribution is 5.85. The van der Waals surface area contributed by atoms with Crippen molar-refractivity contribution in [2.45, 2.75) is 45.1 Å². The second-order valence-electron chi connectivity index (χ2n) is 6.93. The number of hydrogen-bond acceptors (Lipinski definition) is 4. The van der Waals surface area contributed by atoms with Gasteiger partial charge in [0, 0.05) is 31.6 Å². The van der Waals surface area contributed by atoms with Crippen molar-refractivity contribution in [1.29, 1.82) is 0 Å². The first-order valence-corrected chi connectivity index (χ1v) is 8.82. The number of amides is 1. The Morgan fingerprint density at radius 3 is 2.62 bits per heavy atom. The van der Waals surface area contributed by atoms with Crippen LogP contribution in [0, 0.1) is 15.5 Å². The standard InChI is InChI=1S/C19H27N3O3.ClH/c1-2-11-21(14-16-7-6-8-17(12-16)22(24)25)18(23)13-19(15-20)9-4-3-5-10-19;/h2,6-8,12H,1,3-5,9-11,13-15,20H2;1H. The minimum absolute atomic E-state index is 0. The van der Waals surface area contributed by atoms with E-state index in [1.165, 1.54) is 18.6 Å². The number of halogens is 1. The molecule has 2 rings (SSSR count). The lowest BCUT2D eigenvalue weighted by molar-refractivity contribution is -0.384. The topological polar surface area (TPSA) is 89.5 Å². The van der Waals surface area contributed by atoms with Crippen LogP contribution >= 0.6 is 12.4 Å². The fraction of sp³-hybridized carbons (Fsp3) is 0.526. The molecule has 0 atom stereocenters. The summed E-state index contributed by atoms with van der Waals surface area (Å²) in [6.07, 6.45) is 7.56. The monoisotopic (exact) mass is 381 g/mol. The predicted octanol–water partition coefficient (Wildman–Crippen LogP) is 3.83. The highest BCUT2D eigenvalue weighted by Crippen LogP contribution is 2.38. The summed E-state index contributed by atoms with van der Waals surface area (Å²) in [5.74, 6) is 0.0405. The van der Waals surface area contributed by atoms with Gasteiger partial charge in [0.2, 0.25) is 5.91 Å². The molecule has 0 spiro atoms. The third kappa shape index (κ3) is 5.81. The first-order chi connectivity index (χ1) is 12.0. The molecule has 1 fully saturated rings. The smallest absolute Gasteiger partial charge is 0.269 e. The van der Waals surface area contributed by atoms with E-state index in [-0.39, 0.29) is 29.4 Å². The third-order valence-corrected chi connectivity index (χ3v) is 5.07. The molecule has 0 aliphatic heterocycles. The first kappa shape index (κ1) is 22.1. The van der Waals surface area contributed by atoms with Gasteiger partial charge in [-0.15, -0.1) is 19.0 Å². The molecule has 0 bridgehead atoms. The molecule has 26 heavy (non-hydrogen) atoms. The summed E-state index contributed by atoms with van der Waals surface area (Å²) in [4.78, 5) is 25.1. The van der Waals surface area contributed by atoms with Crippen LogP contribution in [0.15, 0.2) is 36.9 Å². The third-order valence-electron chi connectivity index (χ3n) is 5.07. The normalized spacial score (nSPS) is 15.6. The Labute approximate surface area is 161 Å². The fourth-order valence-electron chi connectivity index (χ4n) is 3.59. The Morgan fingerprint density at radius 2 is 2.04 bits per heavy atom. The maximum absolute atomic E-state index is 12.9. The van der Waals surface area contributed by atoms with Crippen LogP contribution in [-0.4, -0.2) is 28.8 Å². The average Bonchev–Trinajstić information content (AvgIpc) is 2.62. The number of nitro benzene ring substituents is 1. The molecule has 7 heteroatoms. The second-order valence-corrected chi connectivity index (χ2v) is 6.93. The number of benzene rings is 1. The Morgan fingerprint density at radius 1 is 1.35 bits per heavy atom. The molecule has 1 aromatic rings. The number of nitrogens with zero attached hydrogens (tertiary/aromatic N) is 2. The number of carbonyl (C=O) groups excluding carboxylic acids is 1. The lowest BCUT2D eigenvalue weighted by atomic mass is 9.71. The molecule has 1 aliphatic carbocycles. The van der Waals surface area contributed by atoms with Gasteiger partial charge in [-0.3, -0.25) is 14.9 Å². The number of rotatable bonds is 8. The molecule has 1 amide bonds. The Kier molecular flexibility index (Phi) is 8.75. The average molecular weight is 382 g/mol. The van der Waals surface area contributed by atoms with Crippen LogP contribution in [0.25, 0.3) is 0 Å². The summed E-state index contributed by atoms with van der Waals surface area (Å²) < 4.78 is 0. The van der Waals surface area contributed by atoms with Gasteiger partial charge in [-0.1, -0.05) is 37.5 Å². The quantitative estimate of drug-likeness (QED) is 0.421. The van der Waals surface area contributed by atoms with Crippen LogP contribution in [0.5, 0.6) is 0 Å². The summed E-state index contributed by atoms with van der Waals surface area (Å²) in [6.45, 7) is 5.01. The molecule has 144 valence electrons. The number of carbonyl (C=O) groups is 1. The van der Waals surface area contributed by atoms with Crippen molar-refractivity contribution in [3.63, 3.8) is 0 Å². The molecule has 0 saturated heterocycles. The predicted molar refractivity (Wildman–Crippen MR) is 105 cm³/mol. The van der Waals surface area contributed by atoms with E-state index in [0.29, 0.717) is 26.1 Å². The van der Waals surface area contributed by atoms with Crippen LogP contribution < -0.4 is 5.73 Å². The van der Waals surface area contributed by atoms with Crippen molar-refractivity contribution < 1.29 is 9.72 Å². The van der Waals surface area contributed by atoms with Gasteiger partial charge in [-0.05, 0) is 30.4 Å². The molecule has 0 aromatic heterocycles.